The molecule has 1 aliphatic heterocycles. The molecule has 0 unspecified atom stereocenters. The predicted octanol–water partition coefficient (Wildman–Crippen LogP) is 2.94. The molecule has 3 heterocycles. The van der Waals surface area contributed by atoms with Crippen LogP contribution in [0.5, 0.6) is 5.75 Å². The molecule has 0 saturated heterocycles. The Bertz CT molecular complexity index is 1380. The Morgan fingerprint density at radius 1 is 1.29 bits per heavy atom. The molecule has 202 valence electrons. The summed E-state index contributed by atoms with van der Waals surface area (Å²) in [4.78, 5) is 31.7. The van der Waals surface area contributed by atoms with Crippen molar-refractivity contribution in [2.24, 2.45) is 5.92 Å². The number of ether oxygens (including phenoxy) is 1. The quantitative estimate of drug-likeness (QED) is 0.435. The van der Waals surface area contributed by atoms with Crippen molar-refractivity contribution >= 4 is 38.9 Å². The molecule has 2 aromatic heterocycles. The number of amides is 2. The lowest BCUT2D eigenvalue weighted by molar-refractivity contribution is 0.0387. The lowest BCUT2D eigenvalue weighted by Gasteiger charge is -2.38. The van der Waals surface area contributed by atoms with E-state index in [4.69, 9.17) is 4.74 Å². The van der Waals surface area contributed by atoms with Gasteiger partial charge in [-0.15, -0.1) is 11.3 Å². The summed E-state index contributed by atoms with van der Waals surface area (Å²) in [5.74, 6) is -0.704. The summed E-state index contributed by atoms with van der Waals surface area (Å²) < 4.78 is 33.9. The molecule has 2 amide bonds. The first-order chi connectivity index (χ1) is 18.1. The van der Waals surface area contributed by atoms with E-state index in [1.807, 2.05) is 6.92 Å². The molecule has 3 aromatic rings. The summed E-state index contributed by atoms with van der Waals surface area (Å²) in [6, 6.07) is 10.7. The molecular weight excluding hydrogens is 528 g/mol. The number of anilines is 1. The molecule has 3 atom stereocenters. The monoisotopic (exact) mass is 558 g/mol. The van der Waals surface area contributed by atoms with Crippen LogP contribution < -0.4 is 10.1 Å². The van der Waals surface area contributed by atoms with Gasteiger partial charge in [0, 0.05) is 43.2 Å². The van der Waals surface area contributed by atoms with E-state index in [2.05, 4.69) is 10.3 Å². The number of sulfonamides is 1. The Balaban J connectivity index is 1.65. The SMILES string of the molecule is C[C@@H]1CN([C@H](C)CO)C(=O)c2cc(NC(=O)c3ccncc3)ccc2O[C@H]1CN(C)S(=O)(=O)c1cccs1. The summed E-state index contributed by atoms with van der Waals surface area (Å²) in [5.41, 5.74) is 1.01. The van der Waals surface area contributed by atoms with Crippen molar-refractivity contribution in [3.8, 4) is 5.75 Å². The third-order valence-corrected chi connectivity index (χ3v) is 9.66. The number of benzene rings is 1. The lowest BCUT2D eigenvalue weighted by atomic mass is 9.99. The maximum absolute atomic E-state index is 13.6. The van der Waals surface area contributed by atoms with Crippen LogP contribution in [0, 0.1) is 5.92 Å². The van der Waals surface area contributed by atoms with Crippen LogP contribution in [0.15, 0.2) is 64.4 Å². The molecule has 0 spiro atoms. The van der Waals surface area contributed by atoms with Crippen LogP contribution in [0.3, 0.4) is 0 Å². The first kappa shape index (κ1) is 27.7. The van der Waals surface area contributed by atoms with E-state index in [0.29, 0.717) is 11.3 Å². The minimum absolute atomic E-state index is 0.0525. The lowest BCUT2D eigenvalue weighted by Crippen LogP contribution is -2.50. The van der Waals surface area contributed by atoms with Crippen LogP contribution in [-0.2, 0) is 10.0 Å². The van der Waals surface area contributed by atoms with Crippen LogP contribution in [0.4, 0.5) is 5.69 Å². The van der Waals surface area contributed by atoms with Gasteiger partial charge in [-0.25, -0.2) is 8.42 Å². The summed E-state index contributed by atoms with van der Waals surface area (Å²) in [6.07, 6.45) is 2.43. The van der Waals surface area contributed by atoms with Crippen molar-refractivity contribution in [1.29, 1.82) is 0 Å². The number of aromatic nitrogens is 1. The Morgan fingerprint density at radius 3 is 2.68 bits per heavy atom. The van der Waals surface area contributed by atoms with Gasteiger partial charge in [0.2, 0.25) is 0 Å². The van der Waals surface area contributed by atoms with Gasteiger partial charge in [0.25, 0.3) is 21.8 Å². The second kappa shape index (κ2) is 11.6. The average Bonchev–Trinajstić information content (AvgIpc) is 3.47. The number of hydrogen-bond donors (Lipinski definition) is 2. The van der Waals surface area contributed by atoms with Crippen LogP contribution in [-0.4, -0.2) is 78.4 Å². The molecular formula is C26H30N4O6S2. The number of aliphatic hydroxyl groups excluding tert-OH is 1. The van der Waals surface area contributed by atoms with Crippen molar-refractivity contribution in [3.63, 3.8) is 0 Å². The molecule has 0 bridgehead atoms. The van der Waals surface area contributed by atoms with Gasteiger partial charge in [0.05, 0.1) is 24.8 Å². The first-order valence-electron chi connectivity index (χ1n) is 12.1. The number of thiophene rings is 1. The van der Waals surface area contributed by atoms with Crippen molar-refractivity contribution in [2.75, 3.05) is 32.1 Å². The third kappa shape index (κ3) is 5.88. The van der Waals surface area contributed by atoms with Gasteiger partial charge >= 0.3 is 0 Å². The fourth-order valence-corrected chi connectivity index (χ4v) is 6.52. The molecule has 10 nitrogen and oxygen atoms in total. The fourth-order valence-electron chi connectivity index (χ4n) is 4.14. The molecule has 2 N–H and O–H groups in total. The standard InChI is InChI=1S/C26H30N4O6S2/c1-17-14-30(18(2)16-31)26(33)21-13-20(28-25(32)19-8-10-27-11-9-19)6-7-22(21)36-23(17)15-29(3)38(34,35)24-5-4-12-37-24/h4-13,17-18,23,31H,14-16H2,1-3H3,(H,28,32)/t17-,18-,23+/m1/s1. The van der Waals surface area contributed by atoms with Gasteiger partial charge in [-0.3, -0.25) is 14.6 Å². The van der Waals surface area contributed by atoms with Crippen LogP contribution in [0.25, 0.3) is 0 Å². The van der Waals surface area contributed by atoms with Gasteiger partial charge in [-0.1, -0.05) is 13.0 Å². The minimum Gasteiger partial charge on any atom is -0.488 e. The Morgan fingerprint density at radius 2 is 2.03 bits per heavy atom. The normalized spacial score (nSPS) is 18.8. The number of nitrogens with one attached hydrogen (secondary N) is 1. The van der Waals surface area contributed by atoms with Gasteiger partial charge in [0.1, 0.15) is 16.1 Å². The van der Waals surface area contributed by atoms with Crippen molar-refractivity contribution in [1.82, 2.24) is 14.2 Å². The molecule has 38 heavy (non-hydrogen) atoms. The van der Waals surface area contributed by atoms with Gasteiger partial charge < -0.3 is 20.1 Å². The summed E-state index contributed by atoms with van der Waals surface area (Å²) in [6.45, 7) is 3.67. The number of hydrogen-bond acceptors (Lipinski definition) is 8. The highest BCUT2D eigenvalue weighted by Crippen LogP contribution is 2.31. The van der Waals surface area contributed by atoms with E-state index >= 15 is 0 Å². The maximum atomic E-state index is 13.6. The smallest absolute Gasteiger partial charge is 0.258 e. The largest absolute Gasteiger partial charge is 0.488 e. The number of pyridine rings is 1. The van der Waals surface area contributed by atoms with E-state index < -0.39 is 22.2 Å². The fraction of sp³-hybridized carbons (Fsp3) is 0.346. The van der Waals surface area contributed by atoms with Crippen molar-refractivity contribution in [3.05, 3.63) is 71.4 Å². The topological polar surface area (TPSA) is 129 Å². The highest BCUT2D eigenvalue weighted by molar-refractivity contribution is 7.91. The predicted molar refractivity (Wildman–Crippen MR) is 144 cm³/mol. The average molecular weight is 559 g/mol. The number of aliphatic hydroxyl groups is 1. The molecule has 0 fully saturated rings. The van der Waals surface area contributed by atoms with Crippen molar-refractivity contribution in [2.45, 2.75) is 30.2 Å². The zero-order chi connectivity index (χ0) is 27.4. The highest BCUT2D eigenvalue weighted by Gasteiger charge is 2.35. The maximum Gasteiger partial charge on any atom is 0.258 e. The van der Waals surface area contributed by atoms with Gasteiger partial charge in [-0.05, 0) is 48.7 Å². The third-order valence-electron chi connectivity index (χ3n) is 6.46. The minimum atomic E-state index is -3.71. The molecule has 1 aromatic carbocycles. The van der Waals surface area contributed by atoms with E-state index in [9.17, 15) is 23.1 Å². The van der Waals surface area contributed by atoms with Gasteiger partial charge in [0.15, 0.2) is 0 Å². The highest BCUT2D eigenvalue weighted by atomic mass is 32.2. The molecule has 12 heteroatoms. The molecule has 0 saturated carbocycles. The van der Waals surface area contributed by atoms with Crippen molar-refractivity contribution < 1.29 is 27.9 Å². The summed E-state index contributed by atoms with van der Waals surface area (Å²) in [7, 11) is -2.21. The number of carbonyl (C=O) groups excluding carboxylic acids is 2. The Kier molecular flexibility index (Phi) is 8.46. The number of nitrogens with zero attached hydrogens (tertiary/aromatic N) is 3. The van der Waals surface area contributed by atoms with Crippen LogP contribution >= 0.6 is 11.3 Å². The Hall–Kier alpha value is -3.32. The molecule has 0 radical (unpaired) electrons. The second-order valence-corrected chi connectivity index (χ2v) is 12.5. The Labute approximate surface area is 225 Å². The number of rotatable bonds is 8. The zero-order valence-corrected chi connectivity index (χ0v) is 22.9. The number of carbonyl (C=O) groups is 2. The van der Waals surface area contributed by atoms with E-state index in [0.717, 1.165) is 11.3 Å². The van der Waals surface area contributed by atoms with E-state index in [1.54, 1.807) is 53.6 Å². The summed E-state index contributed by atoms with van der Waals surface area (Å²) in [5, 5.41) is 14.3. The van der Waals surface area contributed by atoms with E-state index in [1.165, 1.54) is 29.8 Å². The summed E-state index contributed by atoms with van der Waals surface area (Å²) >= 11 is 1.14. The van der Waals surface area contributed by atoms with Gasteiger partial charge in [-0.2, -0.15) is 4.31 Å². The number of likely N-dealkylation sites (N-methyl/N-ethyl adjacent to an activating group) is 1. The van der Waals surface area contributed by atoms with Crippen LogP contribution in [0.1, 0.15) is 34.6 Å². The number of fused-ring (bicyclic) bond motifs is 1. The van der Waals surface area contributed by atoms with Crippen LogP contribution in [0.2, 0.25) is 0 Å². The molecule has 4 rings (SSSR count). The zero-order valence-electron chi connectivity index (χ0n) is 21.3. The second-order valence-electron chi connectivity index (χ2n) is 9.24. The molecule has 1 aliphatic rings. The van der Waals surface area contributed by atoms with E-state index in [-0.39, 0.29) is 53.0 Å². The molecule has 0 aliphatic carbocycles. The first-order valence-corrected chi connectivity index (χ1v) is 14.4.